The molecule has 0 amide bonds. The molecule has 0 bridgehead atoms. The van der Waals surface area contributed by atoms with Crippen LogP contribution in [0.2, 0.25) is 0 Å². The van der Waals surface area contributed by atoms with Gasteiger partial charge in [-0.2, -0.15) is 0 Å². The fraction of sp³-hybridized carbons (Fsp3) is 0.417. The normalized spacial score (nSPS) is 27.1. The number of carbonyl (C=O) groups is 1. The molecule has 0 radical (unpaired) electrons. The molecule has 2 atom stereocenters. The van der Waals surface area contributed by atoms with Gasteiger partial charge in [0.1, 0.15) is 13.2 Å². The van der Waals surface area contributed by atoms with E-state index in [1.165, 1.54) is 0 Å². The van der Waals surface area contributed by atoms with Crippen molar-refractivity contribution in [1.29, 1.82) is 0 Å². The van der Waals surface area contributed by atoms with Crippen molar-refractivity contribution in [1.82, 2.24) is 5.32 Å². The molecule has 4 nitrogen and oxygen atoms in total. The molecule has 86 valence electrons. The van der Waals surface area contributed by atoms with Gasteiger partial charge in [-0.15, -0.1) is 0 Å². The lowest BCUT2D eigenvalue weighted by molar-refractivity contribution is -0.00114. The van der Waals surface area contributed by atoms with Gasteiger partial charge < -0.3 is 14.8 Å². The van der Waals surface area contributed by atoms with Crippen LogP contribution in [0.1, 0.15) is 21.3 Å². The molecule has 1 aromatic rings. The van der Waals surface area contributed by atoms with Gasteiger partial charge in [0.05, 0.1) is 8.78 Å². The fourth-order valence-electron chi connectivity index (χ4n) is 1.56. The highest BCUT2D eigenvalue weighted by atomic mass is 16.7. The van der Waals surface area contributed by atoms with Crippen LogP contribution in [0, 0.1) is 0 Å². The number of benzene rings is 1. The molecule has 1 heterocycles. The van der Waals surface area contributed by atoms with E-state index < -0.39 is 18.8 Å². The zero-order chi connectivity index (χ0) is 13.2. The van der Waals surface area contributed by atoms with Crippen LogP contribution in [0.3, 0.4) is 0 Å². The molecule has 0 aliphatic carbocycles. The molecule has 1 aliphatic rings. The molecule has 1 fully saturated rings. The van der Waals surface area contributed by atoms with Gasteiger partial charge in [0.25, 0.3) is 0 Å². The standard InChI is InChI=1S/C12H15NO3/c1-9(10-5-3-2-4-6-10)13-11-7-15-12(14)16-8-11/h2-6,9,11,13H,7-8H2,1H3/t9-/m1/s1/i7D2/t9-,11-. The summed E-state index contributed by atoms with van der Waals surface area (Å²) in [7, 11) is 0. The monoisotopic (exact) mass is 223 g/mol. The van der Waals surface area contributed by atoms with E-state index in [4.69, 9.17) is 7.48 Å². The second-order valence-corrected chi connectivity index (χ2v) is 3.63. The second kappa shape index (κ2) is 4.99. The smallest absolute Gasteiger partial charge is 0.432 e. The number of nitrogens with one attached hydrogen (secondary N) is 1. The Kier molecular flexibility index (Phi) is 2.67. The third-order valence-corrected chi connectivity index (χ3v) is 2.40. The van der Waals surface area contributed by atoms with Crippen LogP contribution in [0.25, 0.3) is 0 Å². The lowest BCUT2D eigenvalue weighted by Gasteiger charge is -2.26. The van der Waals surface area contributed by atoms with Gasteiger partial charge in [0.2, 0.25) is 0 Å². The molecule has 1 saturated heterocycles. The molecule has 2 rings (SSSR count). The molecular formula is C12H15NO3. The maximum Gasteiger partial charge on any atom is 0.508 e. The van der Waals surface area contributed by atoms with Gasteiger partial charge in [-0.3, -0.25) is 0 Å². The van der Waals surface area contributed by atoms with Crippen molar-refractivity contribution in [3.8, 4) is 0 Å². The van der Waals surface area contributed by atoms with E-state index in [9.17, 15) is 4.79 Å². The molecular weight excluding hydrogens is 206 g/mol. The maximum absolute atomic E-state index is 10.9. The van der Waals surface area contributed by atoms with Gasteiger partial charge >= 0.3 is 6.16 Å². The van der Waals surface area contributed by atoms with E-state index >= 15 is 0 Å². The van der Waals surface area contributed by atoms with Crippen LogP contribution in [-0.4, -0.2) is 25.4 Å². The topological polar surface area (TPSA) is 47.6 Å². The van der Waals surface area contributed by atoms with E-state index in [-0.39, 0.29) is 12.6 Å². The molecule has 0 unspecified atom stereocenters. The van der Waals surface area contributed by atoms with E-state index in [0.29, 0.717) is 0 Å². The molecule has 0 aromatic heterocycles. The van der Waals surface area contributed by atoms with Crippen molar-refractivity contribution in [3.63, 3.8) is 0 Å². The molecule has 16 heavy (non-hydrogen) atoms. The first-order valence-electron chi connectivity index (χ1n) is 6.16. The Morgan fingerprint density at radius 3 is 2.88 bits per heavy atom. The predicted octanol–water partition coefficient (Wildman–Crippen LogP) is 1.87. The summed E-state index contributed by atoms with van der Waals surface area (Å²) < 4.78 is 24.5. The van der Waals surface area contributed by atoms with Crippen LogP contribution in [0.15, 0.2) is 30.3 Å². The molecule has 1 N–H and O–H groups in total. The van der Waals surface area contributed by atoms with E-state index in [2.05, 4.69) is 10.1 Å². The number of carbonyl (C=O) groups excluding carboxylic acids is 1. The Hall–Kier alpha value is -1.55. The third kappa shape index (κ3) is 2.73. The molecule has 4 heteroatoms. The Balaban J connectivity index is 2.03. The summed E-state index contributed by atoms with van der Waals surface area (Å²) in [6.45, 7) is -0.177. The lowest BCUT2D eigenvalue weighted by atomic mass is 10.1. The van der Waals surface area contributed by atoms with Gasteiger partial charge in [0, 0.05) is 6.04 Å². The van der Waals surface area contributed by atoms with Crippen molar-refractivity contribution >= 4 is 6.16 Å². The summed E-state index contributed by atoms with van der Waals surface area (Å²) in [5, 5.41) is 3.07. The average molecular weight is 223 g/mol. The first-order chi connectivity index (χ1) is 8.49. The summed E-state index contributed by atoms with van der Waals surface area (Å²) in [6, 6.07) is 8.89. The number of rotatable bonds is 3. The second-order valence-electron chi connectivity index (χ2n) is 3.63. The Bertz CT molecular complexity index is 425. The summed E-state index contributed by atoms with van der Waals surface area (Å²) in [4.78, 5) is 10.9. The fourth-order valence-corrected chi connectivity index (χ4v) is 1.56. The van der Waals surface area contributed by atoms with Crippen molar-refractivity contribution in [2.75, 3.05) is 13.2 Å². The maximum atomic E-state index is 10.9. The number of hydrogen-bond acceptors (Lipinski definition) is 4. The summed E-state index contributed by atoms with van der Waals surface area (Å²) >= 11 is 0. The first-order valence-corrected chi connectivity index (χ1v) is 5.16. The highest BCUT2D eigenvalue weighted by Gasteiger charge is 2.22. The average Bonchev–Trinajstić information content (AvgIpc) is 2.33. The lowest BCUT2D eigenvalue weighted by Crippen LogP contribution is -2.43. The number of cyclic esters (lactones) is 2. The Morgan fingerprint density at radius 2 is 2.19 bits per heavy atom. The number of hydrogen-bond donors (Lipinski definition) is 1. The van der Waals surface area contributed by atoms with Gasteiger partial charge in [-0.05, 0) is 12.5 Å². The quantitative estimate of drug-likeness (QED) is 0.795. The highest BCUT2D eigenvalue weighted by molar-refractivity contribution is 5.60. The van der Waals surface area contributed by atoms with Gasteiger partial charge in [0.15, 0.2) is 0 Å². The number of ether oxygens (including phenoxy) is 2. The molecule has 1 aliphatic heterocycles. The van der Waals surface area contributed by atoms with Gasteiger partial charge in [-0.25, -0.2) is 4.79 Å². The summed E-state index contributed by atoms with van der Waals surface area (Å²) in [6.07, 6.45) is -0.967. The minimum atomic E-state index is -2.06. The Labute approximate surface area is 97.4 Å². The van der Waals surface area contributed by atoms with Crippen molar-refractivity contribution in [2.24, 2.45) is 0 Å². The van der Waals surface area contributed by atoms with Crippen LogP contribution in [0.4, 0.5) is 4.79 Å². The zero-order valence-corrected chi connectivity index (χ0v) is 8.97. The minimum absolute atomic E-state index is 0.0387. The van der Waals surface area contributed by atoms with Crippen molar-refractivity contribution in [3.05, 3.63) is 35.9 Å². The van der Waals surface area contributed by atoms with Crippen LogP contribution in [0.5, 0.6) is 0 Å². The van der Waals surface area contributed by atoms with E-state index in [1.807, 2.05) is 37.3 Å². The van der Waals surface area contributed by atoms with Crippen molar-refractivity contribution < 1.29 is 17.0 Å². The van der Waals surface area contributed by atoms with E-state index in [0.717, 1.165) is 5.56 Å². The van der Waals surface area contributed by atoms with Crippen LogP contribution >= 0.6 is 0 Å². The van der Waals surface area contributed by atoms with Crippen molar-refractivity contribution in [2.45, 2.75) is 19.0 Å². The molecule has 0 spiro atoms. The Morgan fingerprint density at radius 1 is 1.44 bits per heavy atom. The zero-order valence-electron chi connectivity index (χ0n) is 11.0. The summed E-state index contributed by atoms with van der Waals surface area (Å²) in [5.74, 6) is 0. The van der Waals surface area contributed by atoms with E-state index in [1.54, 1.807) is 0 Å². The predicted molar refractivity (Wildman–Crippen MR) is 59.1 cm³/mol. The summed E-state index contributed by atoms with van der Waals surface area (Å²) in [5.41, 5.74) is 1.03. The largest absolute Gasteiger partial charge is 0.508 e. The third-order valence-electron chi connectivity index (χ3n) is 2.40. The minimum Gasteiger partial charge on any atom is -0.432 e. The SMILES string of the molecule is [2H]C1([2H])OC(=O)OC[C@@H]1N[C@H](C)c1ccccc1. The van der Waals surface area contributed by atoms with Crippen LogP contribution < -0.4 is 5.32 Å². The van der Waals surface area contributed by atoms with Gasteiger partial charge in [-0.1, -0.05) is 30.3 Å². The first kappa shape index (κ1) is 8.58. The highest BCUT2D eigenvalue weighted by Crippen LogP contribution is 2.13. The molecule has 0 saturated carbocycles. The van der Waals surface area contributed by atoms with Crippen LogP contribution in [-0.2, 0) is 9.47 Å². The molecule has 1 aromatic carbocycles.